The summed E-state index contributed by atoms with van der Waals surface area (Å²) in [5.41, 5.74) is 0.287. The van der Waals surface area contributed by atoms with Crippen LogP contribution in [-0.4, -0.2) is 38.9 Å². The molecule has 1 aliphatic rings. The Morgan fingerprint density at radius 2 is 2.00 bits per heavy atom. The molecule has 1 aliphatic heterocycles. The number of aromatic nitrogens is 4. The molecule has 0 aromatic carbocycles. The highest BCUT2D eigenvalue weighted by Gasteiger charge is 2.13. The van der Waals surface area contributed by atoms with Gasteiger partial charge in [0.1, 0.15) is 17.3 Å². The Labute approximate surface area is 128 Å². The van der Waals surface area contributed by atoms with Gasteiger partial charge in [-0.15, -0.1) is 0 Å². The van der Waals surface area contributed by atoms with Crippen molar-refractivity contribution in [3.63, 3.8) is 0 Å². The van der Waals surface area contributed by atoms with Crippen molar-refractivity contribution < 1.29 is 4.79 Å². The molecule has 0 spiro atoms. The van der Waals surface area contributed by atoms with Crippen LogP contribution < -0.4 is 10.2 Å². The summed E-state index contributed by atoms with van der Waals surface area (Å²) in [6, 6.07) is 1.92. The molecule has 0 radical (unpaired) electrons. The zero-order chi connectivity index (χ0) is 15.2. The van der Waals surface area contributed by atoms with Crippen LogP contribution in [0.2, 0.25) is 0 Å². The standard InChI is InChI=1S/C15H18N6O/c22-15(12-10-16-6-7-17-12)19-11-13-18-5-4-14(20-13)21-8-2-1-3-9-21/h4-7,10H,1-3,8-9,11H2,(H,19,22). The second-order valence-corrected chi connectivity index (χ2v) is 5.15. The summed E-state index contributed by atoms with van der Waals surface area (Å²) in [5, 5.41) is 2.76. The van der Waals surface area contributed by atoms with Crippen molar-refractivity contribution in [1.82, 2.24) is 25.3 Å². The Balaban J connectivity index is 1.62. The maximum Gasteiger partial charge on any atom is 0.271 e. The number of piperidine rings is 1. The number of carbonyl (C=O) groups excluding carboxylic acids is 1. The second-order valence-electron chi connectivity index (χ2n) is 5.15. The normalized spacial score (nSPS) is 14.6. The zero-order valence-corrected chi connectivity index (χ0v) is 12.3. The number of carbonyl (C=O) groups is 1. The monoisotopic (exact) mass is 298 g/mol. The molecule has 0 atom stereocenters. The molecule has 7 nitrogen and oxygen atoms in total. The Hall–Kier alpha value is -2.57. The molecule has 0 bridgehead atoms. The van der Waals surface area contributed by atoms with E-state index in [1.165, 1.54) is 37.9 Å². The Kier molecular flexibility index (Phi) is 4.53. The van der Waals surface area contributed by atoms with Gasteiger partial charge in [0, 0.05) is 31.7 Å². The summed E-state index contributed by atoms with van der Waals surface area (Å²) in [6.45, 7) is 2.34. The summed E-state index contributed by atoms with van der Waals surface area (Å²) in [6.07, 6.45) is 9.86. The molecule has 3 heterocycles. The van der Waals surface area contributed by atoms with Crippen molar-refractivity contribution in [2.24, 2.45) is 0 Å². The van der Waals surface area contributed by atoms with Crippen LogP contribution in [-0.2, 0) is 6.54 Å². The van der Waals surface area contributed by atoms with Crippen LogP contribution >= 0.6 is 0 Å². The van der Waals surface area contributed by atoms with E-state index >= 15 is 0 Å². The number of hydrogen-bond acceptors (Lipinski definition) is 6. The minimum absolute atomic E-state index is 0.275. The minimum Gasteiger partial charge on any atom is -0.357 e. The van der Waals surface area contributed by atoms with Crippen LogP contribution in [0.5, 0.6) is 0 Å². The summed E-state index contributed by atoms with van der Waals surface area (Å²) in [4.78, 5) is 30.8. The predicted molar refractivity (Wildman–Crippen MR) is 81.3 cm³/mol. The SMILES string of the molecule is O=C(NCc1nccc(N2CCCCC2)n1)c1cnccn1. The smallest absolute Gasteiger partial charge is 0.271 e. The molecule has 22 heavy (non-hydrogen) atoms. The van der Waals surface area contributed by atoms with Crippen molar-refractivity contribution in [3.05, 3.63) is 42.4 Å². The quantitative estimate of drug-likeness (QED) is 0.912. The van der Waals surface area contributed by atoms with E-state index in [1.54, 1.807) is 6.20 Å². The maximum absolute atomic E-state index is 11.9. The van der Waals surface area contributed by atoms with Gasteiger partial charge >= 0.3 is 0 Å². The maximum atomic E-state index is 11.9. The van der Waals surface area contributed by atoms with Crippen molar-refractivity contribution >= 4 is 11.7 Å². The molecular weight excluding hydrogens is 280 g/mol. The summed E-state index contributed by atoms with van der Waals surface area (Å²) in [5.74, 6) is 1.25. The summed E-state index contributed by atoms with van der Waals surface area (Å²) < 4.78 is 0. The molecule has 114 valence electrons. The molecule has 0 unspecified atom stereocenters. The van der Waals surface area contributed by atoms with Gasteiger partial charge in [-0.1, -0.05) is 0 Å². The zero-order valence-electron chi connectivity index (χ0n) is 12.3. The first-order chi connectivity index (χ1) is 10.8. The average molecular weight is 298 g/mol. The highest BCUT2D eigenvalue weighted by atomic mass is 16.1. The van der Waals surface area contributed by atoms with Gasteiger partial charge in [0.25, 0.3) is 5.91 Å². The number of rotatable bonds is 4. The van der Waals surface area contributed by atoms with E-state index < -0.39 is 0 Å². The first kappa shape index (κ1) is 14.4. The first-order valence-electron chi connectivity index (χ1n) is 7.44. The highest BCUT2D eigenvalue weighted by molar-refractivity contribution is 5.91. The fourth-order valence-corrected chi connectivity index (χ4v) is 2.44. The Morgan fingerprint density at radius 1 is 1.14 bits per heavy atom. The van der Waals surface area contributed by atoms with E-state index in [9.17, 15) is 4.79 Å². The van der Waals surface area contributed by atoms with Gasteiger partial charge in [-0.05, 0) is 25.3 Å². The topological polar surface area (TPSA) is 83.9 Å². The summed E-state index contributed by atoms with van der Waals surface area (Å²) >= 11 is 0. The number of anilines is 1. The van der Waals surface area contributed by atoms with Crippen molar-refractivity contribution in [2.45, 2.75) is 25.8 Å². The molecule has 1 fully saturated rings. The van der Waals surface area contributed by atoms with Crippen LogP contribution in [0.1, 0.15) is 35.6 Å². The van der Waals surface area contributed by atoms with Gasteiger partial charge in [0.05, 0.1) is 12.7 Å². The van der Waals surface area contributed by atoms with Gasteiger partial charge < -0.3 is 10.2 Å². The lowest BCUT2D eigenvalue weighted by molar-refractivity contribution is 0.0944. The van der Waals surface area contributed by atoms with Crippen molar-refractivity contribution in [1.29, 1.82) is 0 Å². The summed E-state index contributed by atoms with van der Waals surface area (Å²) in [7, 11) is 0. The average Bonchev–Trinajstić information content (AvgIpc) is 2.61. The third-order valence-electron chi connectivity index (χ3n) is 3.57. The number of nitrogens with one attached hydrogen (secondary N) is 1. The van der Waals surface area contributed by atoms with E-state index in [2.05, 4.69) is 30.2 Å². The molecule has 1 saturated heterocycles. The molecule has 0 saturated carbocycles. The fourth-order valence-electron chi connectivity index (χ4n) is 2.44. The van der Waals surface area contributed by atoms with Crippen LogP contribution in [0, 0.1) is 0 Å². The van der Waals surface area contributed by atoms with Crippen molar-refractivity contribution in [2.75, 3.05) is 18.0 Å². The molecule has 3 rings (SSSR count). The van der Waals surface area contributed by atoms with E-state index in [1.807, 2.05) is 6.07 Å². The largest absolute Gasteiger partial charge is 0.357 e. The lowest BCUT2D eigenvalue weighted by Crippen LogP contribution is -2.31. The first-order valence-corrected chi connectivity index (χ1v) is 7.44. The molecule has 7 heteroatoms. The molecule has 1 N–H and O–H groups in total. The Bertz CT molecular complexity index is 627. The predicted octanol–water partition coefficient (Wildman–Crippen LogP) is 1.19. The molecule has 2 aromatic heterocycles. The van der Waals surface area contributed by atoms with E-state index in [0.717, 1.165) is 18.9 Å². The van der Waals surface area contributed by atoms with Gasteiger partial charge in [0.2, 0.25) is 0 Å². The second kappa shape index (κ2) is 6.93. The molecular formula is C15H18N6O. The van der Waals surface area contributed by atoms with Crippen LogP contribution in [0.15, 0.2) is 30.9 Å². The van der Waals surface area contributed by atoms with Crippen molar-refractivity contribution in [3.8, 4) is 0 Å². The lowest BCUT2D eigenvalue weighted by atomic mass is 10.1. The van der Waals surface area contributed by atoms with Gasteiger partial charge in [0.15, 0.2) is 0 Å². The van der Waals surface area contributed by atoms with E-state index in [4.69, 9.17) is 0 Å². The number of nitrogens with zero attached hydrogens (tertiary/aromatic N) is 5. The van der Waals surface area contributed by atoms with Crippen LogP contribution in [0.3, 0.4) is 0 Å². The minimum atomic E-state index is -0.278. The van der Waals surface area contributed by atoms with Crippen LogP contribution in [0.25, 0.3) is 0 Å². The highest BCUT2D eigenvalue weighted by Crippen LogP contribution is 2.16. The number of amides is 1. The number of hydrogen-bond donors (Lipinski definition) is 1. The van der Waals surface area contributed by atoms with Gasteiger partial charge in [-0.2, -0.15) is 0 Å². The lowest BCUT2D eigenvalue weighted by Gasteiger charge is -2.27. The molecule has 2 aromatic rings. The molecule has 1 amide bonds. The van der Waals surface area contributed by atoms with E-state index in [0.29, 0.717) is 5.82 Å². The van der Waals surface area contributed by atoms with Gasteiger partial charge in [-0.25, -0.2) is 15.0 Å². The van der Waals surface area contributed by atoms with Crippen LogP contribution in [0.4, 0.5) is 5.82 Å². The fraction of sp³-hybridized carbons (Fsp3) is 0.400. The Morgan fingerprint density at radius 3 is 2.77 bits per heavy atom. The third-order valence-corrected chi connectivity index (χ3v) is 3.57. The molecule has 0 aliphatic carbocycles. The third kappa shape index (κ3) is 3.55. The van der Waals surface area contributed by atoms with E-state index in [-0.39, 0.29) is 18.1 Å². The van der Waals surface area contributed by atoms with Gasteiger partial charge in [-0.3, -0.25) is 9.78 Å².